The minimum absolute atomic E-state index is 0.235. The van der Waals surface area contributed by atoms with Crippen molar-refractivity contribution < 1.29 is 27.4 Å². The Bertz CT molecular complexity index is 274. The first kappa shape index (κ1) is 15.2. The number of ether oxygens (including phenoxy) is 2. The van der Waals surface area contributed by atoms with Crippen molar-refractivity contribution in [3.05, 3.63) is 0 Å². The van der Waals surface area contributed by atoms with Gasteiger partial charge in [0, 0.05) is 27.3 Å². The smallest absolute Gasteiger partial charge is 0.377 e. The van der Waals surface area contributed by atoms with Gasteiger partial charge >= 0.3 is 6.18 Å². The summed E-state index contributed by atoms with van der Waals surface area (Å²) in [5, 5.41) is 2.07. The van der Waals surface area contributed by atoms with E-state index >= 15 is 0 Å². The lowest BCUT2D eigenvalue weighted by molar-refractivity contribution is -0.133. The molecule has 0 radical (unpaired) electrons. The summed E-state index contributed by atoms with van der Waals surface area (Å²) in [5.74, 6) is -0.388. The normalized spacial score (nSPS) is 24.6. The second-order valence-electron chi connectivity index (χ2n) is 4.07. The summed E-state index contributed by atoms with van der Waals surface area (Å²) in [7, 11) is 3.01. The van der Waals surface area contributed by atoms with Crippen LogP contribution in [0.15, 0.2) is 0 Å². The Morgan fingerprint density at radius 1 is 1.28 bits per heavy atom. The van der Waals surface area contributed by atoms with Gasteiger partial charge in [0.1, 0.15) is 12.2 Å². The average Bonchev–Trinajstić information content (AvgIpc) is 2.70. The zero-order valence-electron chi connectivity index (χ0n) is 10.3. The molecule has 0 aromatic heterocycles. The van der Waals surface area contributed by atoms with E-state index in [0.29, 0.717) is 13.1 Å². The van der Waals surface area contributed by atoms with Gasteiger partial charge in [0.05, 0.1) is 13.1 Å². The first-order valence-corrected chi connectivity index (χ1v) is 5.48. The Hall–Kier alpha value is -0.860. The second kappa shape index (κ2) is 6.35. The van der Waals surface area contributed by atoms with Crippen LogP contribution in [0.4, 0.5) is 13.2 Å². The van der Waals surface area contributed by atoms with Gasteiger partial charge in [-0.05, 0) is 0 Å². The lowest BCUT2D eigenvalue weighted by Gasteiger charge is -2.16. The number of nitrogens with zero attached hydrogens (tertiary/aromatic N) is 1. The van der Waals surface area contributed by atoms with Gasteiger partial charge in [-0.25, -0.2) is 0 Å². The molecule has 0 bridgehead atoms. The van der Waals surface area contributed by atoms with E-state index in [-0.39, 0.29) is 24.7 Å². The predicted molar refractivity (Wildman–Crippen MR) is 57.1 cm³/mol. The minimum Gasteiger partial charge on any atom is -0.377 e. The summed E-state index contributed by atoms with van der Waals surface area (Å²) >= 11 is 0. The van der Waals surface area contributed by atoms with E-state index in [0.717, 1.165) is 0 Å². The highest BCUT2D eigenvalue weighted by molar-refractivity contribution is 5.78. The van der Waals surface area contributed by atoms with Gasteiger partial charge in [-0.1, -0.05) is 0 Å². The fourth-order valence-corrected chi connectivity index (χ4v) is 1.82. The summed E-state index contributed by atoms with van der Waals surface area (Å²) in [4.78, 5) is 13.1. The van der Waals surface area contributed by atoms with E-state index in [2.05, 4.69) is 5.32 Å². The zero-order valence-corrected chi connectivity index (χ0v) is 10.3. The molecule has 1 fully saturated rings. The van der Waals surface area contributed by atoms with Gasteiger partial charge in [-0.3, -0.25) is 4.79 Å². The number of rotatable bonds is 5. The number of methoxy groups -OCH3 is 2. The second-order valence-corrected chi connectivity index (χ2v) is 4.07. The SMILES string of the molecule is COC1CN(C(=O)CNCC(F)(F)F)CC1OC. The number of likely N-dealkylation sites (tertiary alicyclic amines) is 1. The number of alkyl halides is 3. The van der Waals surface area contributed by atoms with E-state index in [1.165, 1.54) is 19.1 Å². The molecule has 18 heavy (non-hydrogen) atoms. The van der Waals surface area contributed by atoms with Gasteiger partial charge in [0.25, 0.3) is 0 Å². The number of carbonyl (C=O) groups is 1. The van der Waals surface area contributed by atoms with E-state index < -0.39 is 12.7 Å². The lowest BCUT2D eigenvalue weighted by atomic mass is 10.3. The molecular weight excluding hydrogens is 253 g/mol. The third-order valence-electron chi connectivity index (χ3n) is 2.78. The molecule has 1 saturated heterocycles. The number of carbonyl (C=O) groups excluding carboxylic acids is 1. The van der Waals surface area contributed by atoms with E-state index in [4.69, 9.17) is 9.47 Å². The van der Waals surface area contributed by atoms with Crippen molar-refractivity contribution in [2.75, 3.05) is 40.4 Å². The molecule has 1 N–H and O–H groups in total. The number of amides is 1. The van der Waals surface area contributed by atoms with Gasteiger partial charge in [-0.15, -0.1) is 0 Å². The topological polar surface area (TPSA) is 50.8 Å². The molecule has 1 aliphatic heterocycles. The van der Waals surface area contributed by atoms with Crippen LogP contribution in [0.3, 0.4) is 0 Å². The highest BCUT2D eigenvalue weighted by Crippen LogP contribution is 2.16. The van der Waals surface area contributed by atoms with Gasteiger partial charge in [0.15, 0.2) is 0 Å². The Morgan fingerprint density at radius 2 is 1.78 bits per heavy atom. The molecule has 0 aromatic carbocycles. The molecule has 0 spiro atoms. The molecule has 1 aliphatic rings. The van der Waals surface area contributed by atoms with Crippen molar-refractivity contribution in [2.45, 2.75) is 18.4 Å². The molecule has 2 atom stereocenters. The molecule has 8 heteroatoms. The Kier molecular flexibility index (Phi) is 5.36. The molecule has 0 saturated carbocycles. The largest absolute Gasteiger partial charge is 0.401 e. The van der Waals surface area contributed by atoms with E-state index in [1.54, 1.807) is 0 Å². The van der Waals surface area contributed by atoms with Crippen LogP contribution in [-0.2, 0) is 14.3 Å². The summed E-state index contributed by atoms with van der Waals surface area (Å²) < 4.78 is 45.9. The maximum Gasteiger partial charge on any atom is 0.401 e. The van der Waals surface area contributed by atoms with Crippen LogP contribution in [0.5, 0.6) is 0 Å². The highest BCUT2D eigenvalue weighted by atomic mass is 19.4. The fourth-order valence-electron chi connectivity index (χ4n) is 1.82. The molecule has 0 aromatic rings. The first-order valence-electron chi connectivity index (χ1n) is 5.48. The van der Waals surface area contributed by atoms with Crippen LogP contribution in [0.2, 0.25) is 0 Å². The molecule has 1 rings (SSSR count). The Morgan fingerprint density at radius 3 is 2.17 bits per heavy atom. The maximum absolute atomic E-state index is 11.9. The average molecular weight is 270 g/mol. The monoisotopic (exact) mass is 270 g/mol. The zero-order chi connectivity index (χ0) is 13.8. The van der Waals surface area contributed by atoms with Crippen molar-refractivity contribution in [1.29, 1.82) is 0 Å². The number of halogens is 3. The third kappa shape index (κ3) is 4.43. The minimum atomic E-state index is -4.31. The molecule has 5 nitrogen and oxygen atoms in total. The molecule has 1 amide bonds. The van der Waals surface area contributed by atoms with Crippen molar-refractivity contribution in [3.63, 3.8) is 0 Å². The van der Waals surface area contributed by atoms with Crippen molar-refractivity contribution >= 4 is 5.91 Å². The Balaban J connectivity index is 2.35. The summed E-state index contributed by atoms with van der Waals surface area (Å²) in [6.07, 6.45) is -4.78. The molecule has 1 heterocycles. The molecule has 2 unspecified atom stereocenters. The van der Waals surface area contributed by atoms with Crippen LogP contribution in [0, 0.1) is 0 Å². The fraction of sp³-hybridized carbons (Fsp3) is 0.900. The van der Waals surface area contributed by atoms with Crippen LogP contribution in [0.1, 0.15) is 0 Å². The van der Waals surface area contributed by atoms with Crippen molar-refractivity contribution in [1.82, 2.24) is 10.2 Å². The first-order chi connectivity index (χ1) is 8.37. The standard InChI is InChI=1S/C10H17F3N2O3/c1-17-7-4-15(5-8(7)18-2)9(16)3-14-6-10(11,12)13/h7-8,14H,3-6H2,1-2H3. The number of hydrogen-bond donors (Lipinski definition) is 1. The molecular formula is C10H17F3N2O3. The van der Waals surface area contributed by atoms with Crippen LogP contribution >= 0.6 is 0 Å². The molecule has 106 valence electrons. The third-order valence-corrected chi connectivity index (χ3v) is 2.78. The van der Waals surface area contributed by atoms with Crippen molar-refractivity contribution in [2.24, 2.45) is 0 Å². The Labute approximate surface area is 103 Å². The van der Waals surface area contributed by atoms with Crippen LogP contribution < -0.4 is 5.32 Å². The predicted octanol–water partition coefficient (Wildman–Crippen LogP) is 0.0105. The molecule has 0 aliphatic carbocycles. The van der Waals surface area contributed by atoms with Crippen LogP contribution in [-0.4, -0.2) is 69.6 Å². The number of nitrogens with one attached hydrogen (secondary N) is 1. The van der Waals surface area contributed by atoms with Gasteiger partial charge < -0.3 is 19.7 Å². The highest BCUT2D eigenvalue weighted by Gasteiger charge is 2.35. The lowest BCUT2D eigenvalue weighted by Crippen LogP contribution is -2.40. The van der Waals surface area contributed by atoms with Gasteiger partial charge in [0.2, 0.25) is 5.91 Å². The van der Waals surface area contributed by atoms with E-state index in [9.17, 15) is 18.0 Å². The van der Waals surface area contributed by atoms with Gasteiger partial charge in [-0.2, -0.15) is 13.2 Å². The maximum atomic E-state index is 11.9. The van der Waals surface area contributed by atoms with Crippen molar-refractivity contribution in [3.8, 4) is 0 Å². The van der Waals surface area contributed by atoms with Crippen LogP contribution in [0.25, 0.3) is 0 Å². The quantitative estimate of drug-likeness (QED) is 0.764. The van der Waals surface area contributed by atoms with E-state index in [1.807, 2.05) is 0 Å². The summed E-state index contributed by atoms with van der Waals surface area (Å²) in [5.41, 5.74) is 0. The number of hydrogen-bond acceptors (Lipinski definition) is 4. The summed E-state index contributed by atoms with van der Waals surface area (Å²) in [6.45, 7) is -0.844. The summed E-state index contributed by atoms with van der Waals surface area (Å²) in [6, 6.07) is 0.